The van der Waals surface area contributed by atoms with Crippen LogP contribution in [0.25, 0.3) is 22.0 Å². The molecule has 0 unspecified atom stereocenters. The Morgan fingerprint density at radius 1 is 1.36 bits per heavy atom. The molecule has 130 valence electrons. The lowest BCUT2D eigenvalue weighted by molar-refractivity contribution is -0.137. The van der Waals surface area contributed by atoms with Crippen LogP contribution in [0, 0.1) is 0 Å². The molecule has 2 aromatic heterocycles. The summed E-state index contributed by atoms with van der Waals surface area (Å²) in [6, 6.07) is 4.92. The molecule has 3 aromatic rings. The fourth-order valence-corrected chi connectivity index (χ4v) is 3.03. The molecule has 9 heteroatoms. The summed E-state index contributed by atoms with van der Waals surface area (Å²) >= 11 is 1.19. The first kappa shape index (κ1) is 17.2. The van der Waals surface area contributed by atoms with E-state index < -0.39 is 17.7 Å². The normalized spacial score (nSPS) is 11.5. The van der Waals surface area contributed by atoms with Crippen molar-refractivity contribution >= 4 is 17.3 Å². The van der Waals surface area contributed by atoms with Gasteiger partial charge in [0.15, 0.2) is 0 Å². The van der Waals surface area contributed by atoms with Crippen molar-refractivity contribution in [2.45, 2.75) is 13.1 Å². The van der Waals surface area contributed by atoms with Gasteiger partial charge in [-0.2, -0.15) is 18.3 Å². The average molecular weight is 367 g/mol. The maximum absolute atomic E-state index is 12.8. The van der Waals surface area contributed by atoms with E-state index in [9.17, 15) is 18.0 Å². The van der Waals surface area contributed by atoms with Gasteiger partial charge >= 0.3 is 12.1 Å². The number of hydrogen-bond donors (Lipinski definition) is 1. The number of H-pyrrole nitrogens is 1. The van der Waals surface area contributed by atoms with Crippen molar-refractivity contribution in [1.82, 2.24) is 15.2 Å². The summed E-state index contributed by atoms with van der Waals surface area (Å²) < 4.78 is 43.5. The molecule has 0 aliphatic heterocycles. The first-order valence-corrected chi connectivity index (χ1v) is 8.12. The molecule has 0 radical (unpaired) electrons. The van der Waals surface area contributed by atoms with Crippen molar-refractivity contribution in [2.75, 3.05) is 6.61 Å². The standard InChI is InChI=1S/C16H12F3N3O2S/c1-2-24-15(23)11-7-20-22-13(11)14-21-12(8-25-14)9-4-3-5-10(6-9)16(17,18)19/h3-8H,2H2,1H3,(H,20,22). The number of nitrogens with one attached hydrogen (secondary N) is 1. The molecule has 0 spiro atoms. The van der Waals surface area contributed by atoms with Crippen LogP contribution in [0.3, 0.4) is 0 Å². The smallest absolute Gasteiger partial charge is 0.416 e. The van der Waals surface area contributed by atoms with Gasteiger partial charge in [0, 0.05) is 10.9 Å². The minimum absolute atomic E-state index is 0.219. The summed E-state index contributed by atoms with van der Waals surface area (Å²) in [6.45, 7) is 1.91. The third-order valence-electron chi connectivity index (χ3n) is 3.34. The van der Waals surface area contributed by atoms with Crippen molar-refractivity contribution in [1.29, 1.82) is 0 Å². The third kappa shape index (κ3) is 3.55. The van der Waals surface area contributed by atoms with Gasteiger partial charge in [-0.1, -0.05) is 12.1 Å². The minimum Gasteiger partial charge on any atom is -0.462 e. The van der Waals surface area contributed by atoms with Crippen LogP contribution in [0.4, 0.5) is 13.2 Å². The van der Waals surface area contributed by atoms with Gasteiger partial charge in [0.2, 0.25) is 0 Å². The minimum atomic E-state index is -4.42. The quantitative estimate of drug-likeness (QED) is 0.694. The molecule has 3 rings (SSSR count). The van der Waals surface area contributed by atoms with Gasteiger partial charge in [-0.05, 0) is 19.1 Å². The van der Waals surface area contributed by atoms with Gasteiger partial charge in [0.25, 0.3) is 0 Å². The number of carbonyl (C=O) groups excluding carboxylic acids is 1. The van der Waals surface area contributed by atoms with Crippen molar-refractivity contribution < 1.29 is 22.7 Å². The fourth-order valence-electron chi connectivity index (χ4n) is 2.19. The van der Waals surface area contributed by atoms with Gasteiger partial charge in [0.1, 0.15) is 16.3 Å². The Morgan fingerprint density at radius 3 is 2.88 bits per heavy atom. The van der Waals surface area contributed by atoms with E-state index in [1.807, 2.05) is 0 Å². The number of ether oxygens (including phenoxy) is 1. The first-order valence-electron chi connectivity index (χ1n) is 7.24. The predicted molar refractivity (Wildman–Crippen MR) is 86.1 cm³/mol. The van der Waals surface area contributed by atoms with Crippen LogP contribution < -0.4 is 0 Å². The second-order valence-corrected chi connectivity index (χ2v) is 5.85. The summed E-state index contributed by atoms with van der Waals surface area (Å²) in [4.78, 5) is 16.2. The summed E-state index contributed by atoms with van der Waals surface area (Å²) in [5.74, 6) is -0.540. The molecule has 0 aliphatic rings. The number of aromatic amines is 1. The van der Waals surface area contributed by atoms with Crippen LogP contribution >= 0.6 is 11.3 Å². The largest absolute Gasteiger partial charge is 0.462 e. The highest BCUT2D eigenvalue weighted by molar-refractivity contribution is 7.13. The zero-order chi connectivity index (χ0) is 18.0. The number of carbonyl (C=O) groups is 1. The monoisotopic (exact) mass is 367 g/mol. The average Bonchev–Trinajstić information content (AvgIpc) is 3.23. The molecule has 25 heavy (non-hydrogen) atoms. The van der Waals surface area contributed by atoms with Crippen LogP contribution in [0.2, 0.25) is 0 Å². The van der Waals surface area contributed by atoms with Crippen molar-refractivity contribution in [2.24, 2.45) is 0 Å². The van der Waals surface area contributed by atoms with E-state index in [1.54, 1.807) is 18.4 Å². The number of esters is 1. The number of alkyl halides is 3. The lowest BCUT2D eigenvalue weighted by Gasteiger charge is -2.07. The Labute approximate surface area is 144 Å². The Hall–Kier alpha value is -2.68. The molecule has 0 atom stereocenters. The summed E-state index contributed by atoms with van der Waals surface area (Å²) in [7, 11) is 0. The van der Waals surface area contributed by atoms with E-state index in [0.717, 1.165) is 12.1 Å². The second kappa shape index (κ2) is 6.67. The van der Waals surface area contributed by atoms with Crippen molar-refractivity contribution in [3.63, 3.8) is 0 Å². The number of rotatable bonds is 4. The van der Waals surface area contributed by atoms with Gasteiger partial charge < -0.3 is 4.74 Å². The predicted octanol–water partition coefficient (Wildman–Crippen LogP) is 4.40. The Kier molecular flexibility index (Phi) is 4.58. The Balaban J connectivity index is 1.94. The van der Waals surface area contributed by atoms with Crippen LogP contribution in [-0.4, -0.2) is 27.8 Å². The number of nitrogens with zero attached hydrogens (tertiary/aromatic N) is 2. The number of hydrogen-bond acceptors (Lipinski definition) is 5. The molecule has 0 aliphatic carbocycles. The maximum atomic E-state index is 12.8. The van der Waals surface area contributed by atoms with Crippen LogP contribution in [0.5, 0.6) is 0 Å². The van der Waals surface area contributed by atoms with E-state index in [-0.39, 0.29) is 12.2 Å². The van der Waals surface area contributed by atoms with E-state index in [0.29, 0.717) is 22.0 Å². The molecular weight excluding hydrogens is 355 g/mol. The number of aromatic nitrogens is 3. The molecule has 2 heterocycles. The number of thiazole rings is 1. The van der Waals surface area contributed by atoms with E-state index in [1.165, 1.54) is 23.6 Å². The number of halogens is 3. The topological polar surface area (TPSA) is 67.9 Å². The van der Waals surface area contributed by atoms with Crippen LogP contribution in [0.15, 0.2) is 35.8 Å². The third-order valence-corrected chi connectivity index (χ3v) is 4.20. The highest BCUT2D eigenvalue weighted by Crippen LogP contribution is 2.34. The Morgan fingerprint density at radius 2 is 2.16 bits per heavy atom. The number of benzene rings is 1. The highest BCUT2D eigenvalue weighted by Gasteiger charge is 2.30. The van der Waals surface area contributed by atoms with Crippen molar-refractivity contribution in [3.05, 3.63) is 47.0 Å². The lowest BCUT2D eigenvalue weighted by Crippen LogP contribution is -2.05. The molecule has 0 amide bonds. The molecule has 1 aromatic carbocycles. The molecular formula is C16H12F3N3O2S. The summed E-state index contributed by atoms with van der Waals surface area (Å²) in [5, 5.41) is 8.56. The van der Waals surface area contributed by atoms with E-state index in [2.05, 4.69) is 15.2 Å². The summed E-state index contributed by atoms with van der Waals surface area (Å²) in [6.07, 6.45) is -3.09. The van der Waals surface area contributed by atoms with Crippen molar-refractivity contribution in [3.8, 4) is 22.0 Å². The van der Waals surface area contributed by atoms with Crippen LogP contribution in [0.1, 0.15) is 22.8 Å². The van der Waals surface area contributed by atoms with E-state index >= 15 is 0 Å². The second-order valence-electron chi connectivity index (χ2n) is 5.00. The van der Waals surface area contributed by atoms with Gasteiger partial charge in [0.05, 0.1) is 24.1 Å². The molecule has 5 nitrogen and oxygen atoms in total. The summed E-state index contributed by atoms with van der Waals surface area (Å²) in [5.41, 5.74) is 0.590. The van der Waals surface area contributed by atoms with Gasteiger partial charge in [-0.3, -0.25) is 5.10 Å². The van der Waals surface area contributed by atoms with Gasteiger partial charge in [-0.15, -0.1) is 11.3 Å². The Bertz CT molecular complexity index is 902. The zero-order valence-electron chi connectivity index (χ0n) is 12.9. The molecule has 0 fully saturated rings. The fraction of sp³-hybridized carbons (Fsp3) is 0.188. The van der Waals surface area contributed by atoms with Gasteiger partial charge in [-0.25, -0.2) is 9.78 Å². The van der Waals surface area contributed by atoms with E-state index in [4.69, 9.17) is 4.74 Å². The molecule has 0 saturated carbocycles. The SMILES string of the molecule is CCOC(=O)c1cn[nH]c1-c1nc(-c2cccc(C(F)(F)F)c2)cs1. The van der Waals surface area contributed by atoms with Crippen LogP contribution in [-0.2, 0) is 10.9 Å². The molecule has 1 N–H and O–H groups in total. The maximum Gasteiger partial charge on any atom is 0.416 e. The molecule has 0 bridgehead atoms. The first-order chi connectivity index (χ1) is 11.9. The zero-order valence-corrected chi connectivity index (χ0v) is 13.7. The highest BCUT2D eigenvalue weighted by atomic mass is 32.1. The molecule has 0 saturated heterocycles. The lowest BCUT2D eigenvalue weighted by atomic mass is 10.1.